The first-order chi connectivity index (χ1) is 7.36. The maximum Gasteiger partial charge on any atom is 0.286 e. The lowest BCUT2D eigenvalue weighted by molar-refractivity contribution is 0.124. The molecule has 1 rings (SSSR count). The molecule has 0 atom stereocenters. The molecule has 1 aliphatic heterocycles. The molecule has 0 aromatic heterocycles. The molecule has 0 bridgehead atoms. The van der Waals surface area contributed by atoms with Crippen LogP contribution in [0.25, 0.3) is 0 Å². The highest BCUT2D eigenvalue weighted by molar-refractivity contribution is 4.71. The van der Waals surface area contributed by atoms with Crippen LogP contribution in [0.4, 0.5) is 0 Å². The van der Waals surface area contributed by atoms with Gasteiger partial charge in [0.05, 0.1) is 0 Å². The Balaban J connectivity index is 2.02. The van der Waals surface area contributed by atoms with Crippen LogP contribution in [0.1, 0.15) is 19.8 Å². The Morgan fingerprint density at radius 3 is 2.27 bits per heavy atom. The van der Waals surface area contributed by atoms with Crippen molar-refractivity contribution in [3.63, 3.8) is 0 Å². The lowest BCUT2D eigenvalue weighted by Gasteiger charge is -2.34. The number of nitrogens with zero attached hydrogens (tertiary/aromatic N) is 3. The van der Waals surface area contributed by atoms with E-state index >= 15 is 0 Å². The summed E-state index contributed by atoms with van der Waals surface area (Å²) < 4.78 is 4.65. The Hall–Kier alpha value is -0.790. The van der Waals surface area contributed by atoms with Crippen molar-refractivity contribution in [2.24, 2.45) is 0 Å². The number of hydrogen-bond donors (Lipinski definition) is 0. The lowest BCUT2D eigenvalue weighted by atomic mass is 10.3. The maximum absolute atomic E-state index is 8.20. The third kappa shape index (κ3) is 5.01. The van der Waals surface area contributed by atoms with Gasteiger partial charge in [-0.3, -0.25) is 0 Å². The van der Waals surface area contributed by atoms with Crippen LogP contribution in [0.5, 0.6) is 0 Å². The summed E-state index contributed by atoms with van der Waals surface area (Å²) in [5.74, 6) is 0. The molecular formula is C11H21N3O. The Morgan fingerprint density at radius 1 is 1.13 bits per heavy atom. The highest BCUT2D eigenvalue weighted by Gasteiger charge is 2.15. The summed E-state index contributed by atoms with van der Waals surface area (Å²) >= 11 is 0. The fourth-order valence-electron chi connectivity index (χ4n) is 1.96. The second kappa shape index (κ2) is 7.49. The second-order valence-electron chi connectivity index (χ2n) is 3.98. The zero-order chi connectivity index (χ0) is 10.9. The van der Waals surface area contributed by atoms with E-state index in [-0.39, 0.29) is 0 Å². The molecule has 0 radical (unpaired) electrons. The number of nitriles is 1. The normalized spacial score (nSPS) is 18.7. The minimum Gasteiger partial charge on any atom is -0.427 e. The van der Waals surface area contributed by atoms with Crippen LogP contribution in [0.15, 0.2) is 0 Å². The molecule has 4 heteroatoms. The standard InChI is InChI=1S/C11H21N3O/c1-2-4-13-6-8-14(9-7-13)5-3-10-15-11-12/h2-10H2,1H3. The van der Waals surface area contributed by atoms with Gasteiger partial charge in [-0.05, 0) is 19.4 Å². The van der Waals surface area contributed by atoms with E-state index in [1.54, 1.807) is 6.26 Å². The van der Waals surface area contributed by atoms with E-state index in [0.717, 1.165) is 26.1 Å². The van der Waals surface area contributed by atoms with Gasteiger partial charge in [-0.1, -0.05) is 6.92 Å². The predicted octanol–water partition coefficient (Wildman–Crippen LogP) is 0.902. The molecule has 1 heterocycles. The number of rotatable bonds is 6. The van der Waals surface area contributed by atoms with Gasteiger partial charge in [-0.2, -0.15) is 5.26 Å². The van der Waals surface area contributed by atoms with Crippen LogP contribution in [0.3, 0.4) is 0 Å². The van der Waals surface area contributed by atoms with Gasteiger partial charge in [-0.25, -0.2) is 0 Å². The summed E-state index contributed by atoms with van der Waals surface area (Å²) in [6.07, 6.45) is 3.91. The van der Waals surface area contributed by atoms with Gasteiger partial charge in [-0.15, -0.1) is 0 Å². The highest BCUT2D eigenvalue weighted by Crippen LogP contribution is 2.02. The fraction of sp³-hybridized carbons (Fsp3) is 0.909. The number of piperazine rings is 1. The molecule has 0 spiro atoms. The number of hydrogen-bond acceptors (Lipinski definition) is 4. The smallest absolute Gasteiger partial charge is 0.286 e. The quantitative estimate of drug-likeness (QED) is 0.483. The van der Waals surface area contributed by atoms with Crippen LogP contribution < -0.4 is 0 Å². The van der Waals surface area contributed by atoms with Crippen molar-refractivity contribution in [1.82, 2.24) is 9.80 Å². The summed E-state index contributed by atoms with van der Waals surface area (Å²) in [6, 6.07) is 0. The average molecular weight is 211 g/mol. The second-order valence-corrected chi connectivity index (χ2v) is 3.98. The van der Waals surface area contributed by atoms with E-state index in [1.165, 1.54) is 26.1 Å². The molecule has 0 unspecified atom stereocenters. The molecule has 0 saturated carbocycles. The van der Waals surface area contributed by atoms with Crippen molar-refractivity contribution in [3.8, 4) is 6.26 Å². The zero-order valence-electron chi connectivity index (χ0n) is 9.61. The SMILES string of the molecule is CCCN1CCN(CCCOC#N)CC1. The molecule has 1 saturated heterocycles. The van der Waals surface area contributed by atoms with Gasteiger partial charge in [0.25, 0.3) is 6.26 Å². The third-order valence-corrected chi connectivity index (χ3v) is 2.79. The average Bonchev–Trinajstić information content (AvgIpc) is 2.27. The number of ether oxygens (including phenoxy) is 1. The van der Waals surface area contributed by atoms with E-state index in [2.05, 4.69) is 21.5 Å². The topological polar surface area (TPSA) is 39.5 Å². The molecule has 4 nitrogen and oxygen atoms in total. The minimum atomic E-state index is 0.561. The summed E-state index contributed by atoms with van der Waals surface area (Å²) in [5, 5.41) is 8.20. The van der Waals surface area contributed by atoms with Crippen molar-refractivity contribution >= 4 is 0 Å². The van der Waals surface area contributed by atoms with E-state index in [9.17, 15) is 0 Å². The van der Waals surface area contributed by atoms with Crippen LogP contribution in [0.2, 0.25) is 0 Å². The summed E-state index contributed by atoms with van der Waals surface area (Å²) in [5.41, 5.74) is 0. The minimum absolute atomic E-state index is 0.561. The molecule has 15 heavy (non-hydrogen) atoms. The van der Waals surface area contributed by atoms with Crippen LogP contribution >= 0.6 is 0 Å². The maximum atomic E-state index is 8.20. The van der Waals surface area contributed by atoms with Gasteiger partial charge >= 0.3 is 0 Å². The van der Waals surface area contributed by atoms with E-state index in [0.29, 0.717) is 6.61 Å². The van der Waals surface area contributed by atoms with Gasteiger partial charge in [0.1, 0.15) is 6.61 Å². The van der Waals surface area contributed by atoms with Crippen molar-refractivity contribution in [3.05, 3.63) is 0 Å². The Morgan fingerprint density at radius 2 is 1.73 bits per heavy atom. The first kappa shape index (κ1) is 12.3. The molecule has 0 aliphatic carbocycles. The Labute approximate surface area is 92.4 Å². The molecule has 0 amide bonds. The predicted molar refractivity (Wildman–Crippen MR) is 59.4 cm³/mol. The molecule has 1 aliphatic rings. The van der Waals surface area contributed by atoms with Gasteiger partial charge in [0, 0.05) is 32.7 Å². The van der Waals surface area contributed by atoms with Crippen molar-refractivity contribution in [2.75, 3.05) is 45.9 Å². The van der Waals surface area contributed by atoms with Crippen LogP contribution in [0, 0.1) is 11.5 Å². The molecule has 1 fully saturated rings. The van der Waals surface area contributed by atoms with Crippen molar-refractivity contribution < 1.29 is 4.74 Å². The van der Waals surface area contributed by atoms with E-state index in [4.69, 9.17) is 5.26 Å². The zero-order valence-corrected chi connectivity index (χ0v) is 9.61. The first-order valence-corrected chi connectivity index (χ1v) is 5.82. The van der Waals surface area contributed by atoms with Gasteiger partial charge < -0.3 is 14.5 Å². The molecule has 86 valence electrons. The summed E-state index contributed by atoms with van der Waals surface area (Å²) in [6.45, 7) is 9.77. The highest BCUT2D eigenvalue weighted by atomic mass is 16.5. The Kier molecular flexibility index (Phi) is 6.14. The third-order valence-electron chi connectivity index (χ3n) is 2.79. The fourth-order valence-corrected chi connectivity index (χ4v) is 1.96. The van der Waals surface area contributed by atoms with Gasteiger partial charge in [0.2, 0.25) is 0 Å². The molecule has 0 aromatic rings. The summed E-state index contributed by atoms with van der Waals surface area (Å²) in [7, 11) is 0. The largest absolute Gasteiger partial charge is 0.427 e. The molecular weight excluding hydrogens is 190 g/mol. The first-order valence-electron chi connectivity index (χ1n) is 5.82. The lowest BCUT2D eigenvalue weighted by Crippen LogP contribution is -2.46. The van der Waals surface area contributed by atoms with E-state index < -0.39 is 0 Å². The van der Waals surface area contributed by atoms with Gasteiger partial charge in [0.15, 0.2) is 0 Å². The monoisotopic (exact) mass is 211 g/mol. The molecule has 0 N–H and O–H groups in total. The van der Waals surface area contributed by atoms with Crippen molar-refractivity contribution in [1.29, 1.82) is 5.26 Å². The van der Waals surface area contributed by atoms with Crippen LogP contribution in [-0.4, -0.2) is 55.7 Å². The summed E-state index contributed by atoms with van der Waals surface area (Å²) in [4.78, 5) is 4.97. The van der Waals surface area contributed by atoms with Crippen LogP contribution in [-0.2, 0) is 4.74 Å². The van der Waals surface area contributed by atoms with E-state index in [1.807, 2.05) is 0 Å². The van der Waals surface area contributed by atoms with Crippen molar-refractivity contribution in [2.45, 2.75) is 19.8 Å². The Bertz CT molecular complexity index is 194. The molecule has 0 aromatic carbocycles.